The van der Waals surface area contributed by atoms with E-state index in [1.807, 2.05) is 13.1 Å². The molecule has 28 heavy (non-hydrogen) atoms. The molecule has 2 fully saturated rings. The average molecular weight is 379 g/mol. The topological polar surface area (TPSA) is 92.1 Å². The minimum Gasteiger partial charge on any atom is -0.293 e. The summed E-state index contributed by atoms with van der Waals surface area (Å²) in [6, 6.07) is 2.25. The van der Waals surface area contributed by atoms with Crippen molar-refractivity contribution in [1.82, 2.24) is 24.4 Å². The molecular weight excluding hydrogens is 361 g/mol. The van der Waals surface area contributed by atoms with Crippen LogP contribution in [0.1, 0.15) is 26.2 Å². The normalized spacial score (nSPS) is 22.2. The van der Waals surface area contributed by atoms with E-state index in [-0.39, 0.29) is 23.2 Å². The van der Waals surface area contributed by atoms with Gasteiger partial charge < -0.3 is 0 Å². The van der Waals surface area contributed by atoms with Crippen LogP contribution in [0.5, 0.6) is 0 Å². The van der Waals surface area contributed by atoms with Crippen molar-refractivity contribution in [2.24, 2.45) is 11.3 Å². The second-order valence-electron chi connectivity index (χ2n) is 7.38. The van der Waals surface area contributed by atoms with Gasteiger partial charge in [-0.05, 0) is 32.1 Å². The third-order valence-corrected chi connectivity index (χ3v) is 5.77. The van der Waals surface area contributed by atoms with Gasteiger partial charge in [0, 0.05) is 24.8 Å². The lowest BCUT2D eigenvalue weighted by atomic mass is 9.83. The van der Waals surface area contributed by atoms with Gasteiger partial charge in [-0.25, -0.2) is 13.9 Å². The van der Waals surface area contributed by atoms with Gasteiger partial charge in [-0.15, -0.1) is 0 Å². The lowest BCUT2D eigenvalue weighted by Gasteiger charge is -2.21. The minimum absolute atomic E-state index is 0.0896. The molecule has 0 aromatic carbocycles. The van der Waals surface area contributed by atoms with E-state index in [1.165, 1.54) is 9.42 Å². The van der Waals surface area contributed by atoms with Crippen molar-refractivity contribution in [3.8, 4) is 17.3 Å². The van der Waals surface area contributed by atoms with E-state index in [9.17, 15) is 14.4 Å². The summed E-state index contributed by atoms with van der Waals surface area (Å²) in [5.41, 5.74) is 0.419. The molecule has 0 N–H and O–H groups in total. The molecule has 5 rings (SSSR count). The third-order valence-electron chi connectivity index (χ3n) is 5.77. The number of carbonyl (C=O) groups excluding carboxylic acids is 1. The van der Waals surface area contributed by atoms with Crippen LogP contribution in [0.25, 0.3) is 16.8 Å². The van der Waals surface area contributed by atoms with E-state index in [0.717, 1.165) is 24.6 Å². The van der Waals surface area contributed by atoms with Crippen LogP contribution in [-0.4, -0.2) is 36.8 Å². The summed E-state index contributed by atoms with van der Waals surface area (Å²) in [5, 5.41) is 18.1. The number of aryl methyl sites for hydroxylation is 1. The van der Waals surface area contributed by atoms with E-state index in [1.54, 1.807) is 17.1 Å². The van der Waals surface area contributed by atoms with Crippen LogP contribution in [0.3, 0.4) is 0 Å². The molecule has 2 aliphatic rings. The number of hydrogen-bond donors (Lipinski definition) is 0. The van der Waals surface area contributed by atoms with Gasteiger partial charge in [-0.2, -0.15) is 15.5 Å². The SMILES string of the molecule is CCn1cc(-c2cn3ncc(F)c3c(N3CC[C@@](C#N)(C4CC4)C3=O)n2)cn1. The summed E-state index contributed by atoms with van der Waals surface area (Å²) < 4.78 is 17.6. The quantitative estimate of drug-likeness (QED) is 0.694. The Morgan fingerprint density at radius 1 is 1.32 bits per heavy atom. The molecule has 1 aliphatic heterocycles. The summed E-state index contributed by atoms with van der Waals surface area (Å²) in [6.07, 6.45) is 8.45. The molecule has 4 heterocycles. The highest BCUT2D eigenvalue weighted by atomic mass is 19.1. The van der Waals surface area contributed by atoms with Crippen molar-refractivity contribution in [2.75, 3.05) is 11.4 Å². The molecule has 1 atom stereocenters. The highest BCUT2D eigenvalue weighted by molar-refractivity contribution is 6.04. The van der Waals surface area contributed by atoms with E-state index < -0.39 is 11.2 Å². The predicted molar refractivity (Wildman–Crippen MR) is 97.6 cm³/mol. The van der Waals surface area contributed by atoms with E-state index in [4.69, 9.17) is 0 Å². The second-order valence-corrected chi connectivity index (χ2v) is 7.38. The highest BCUT2D eigenvalue weighted by Gasteiger charge is 2.57. The Kier molecular flexibility index (Phi) is 3.53. The molecular formula is C19H18FN7O. The van der Waals surface area contributed by atoms with E-state index >= 15 is 0 Å². The first-order valence-corrected chi connectivity index (χ1v) is 9.37. The fraction of sp³-hybridized carbons (Fsp3) is 0.421. The third kappa shape index (κ3) is 2.27. The molecule has 8 nitrogen and oxygen atoms in total. The number of halogens is 1. The zero-order chi connectivity index (χ0) is 19.5. The van der Waals surface area contributed by atoms with Gasteiger partial charge in [0.2, 0.25) is 5.91 Å². The van der Waals surface area contributed by atoms with Crippen molar-refractivity contribution >= 4 is 17.2 Å². The lowest BCUT2D eigenvalue weighted by molar-refractivity contribution is -0.123. The van der Waals surface area contributed by atoms with Crippen LogP contribution in [-0.2, 0) is 11.3 Å². The van der Waals surface area contributed by atoms with E-state index in [2.05, 4.69) is 21.3 Å². The number of hydrogen-bond acceptors (Lipinski definition) is 5. The van der Waals surface area contributed by atoms with Crippen LogP contribution < -0.4 is 4.90 Å². The van der Waals surface area contributed by atoms with Gasteiger partial charge >= 0.3 is 0 Å². The fourth-order valence-electron chi connectivity index (χ4n) is 4.05. The average Bonchev–Trinajstić information content (AvgIpc) is 3.19. The predicted octanol–water partition coefficient (Wildman–Crippen LogP) is 2.41. The van der Waals surface area contributed by atoms with Crippen molar-refractivity contribution < 1.29 is 9.18 Å². The minimum atomic E-state index is -1.02. The zero-order valence-corrected chi connectivity index (χ0v) is 15.3. The first-order valence-electron chi connectivity index (χ1n) is 9.37. The zero-order valence-electron chi connectivity index (χ0n) is 15.3. The molecule has 0 radical (unpaired) electrons. The molecule has 9 heteroatoms. The Labute approximate surface area is 160 Å². The number of aromatic nitrogens is 5. The van der Waals surface area contributed by atoms with Gasteiger partial charge in [0.1, 0.15) is 10.9 Å². The van der Waals surface area contributed by atoms with Gasteiger partial charge in [-0.3, -0.25) is 14.4 Å². The van der Waals surface area contributed by atoms with E-state index in [0.29, 0.717) is 25.2 Å². The van der Waals surface area contributed by atoms with Gasteiger partial charge in [-0.1, -0.05) is 0 Å². The maximum absolute atomic E-state index is 14.5. The van der Waals surface area contributed by atoms with Crippen LogP contribution in [0.4, 0.5) is 10.2 Å². The number of anilines is 1. The molecule has 1 saturated carbocycles. The summed E-state index contributed by atoms with van der Waals surface area (Å²) in [5.74, 6) is -0.535. The van der Waals surface area contributed by atoms with Crippen LogP contribution in [0.2, 0.25) is 0 Å². The van der Waals surface area contributed by atoms with Crippen LogP contribution in [0, 0.1) is 28.5 Å². The molecule has 0 unspecified atom stereocenters. The van der Waals surface area contributed by atoms with Crippen molar-refractivity contribution in [3.63, 3.8) is 0 Å². The number of carbonyl (C=O) groups is 1. The van der Waals surface area contributed by atoms with Crippen LogP contribution >= 0.6 is 0 Å². The fourth-order valence-corrected chi connectivity index (χ4v) is 4.05. The first kappa shape index (κ1) is 16.9. The largest absolute Gasteiger partial charge is 0.293 e. The Morgan fingerprint density at radius 3 is 2.82 bits per heavy atom. The molecule has 0 bridgehead atoms. The summed E-state index contributed by atoms with van der Waals surface area (Å²) >= 11 is 0. The molecule has 3 aromatic rings. The Balaban J connectivity index is 1.65. The van der Waals surface area contributed by atoms with Gasteiger partial charge in [0.15, 0.2) is 11.6 Å². The summed E-state index contributed by atoms with van der Waals surface area (Å²) in [4.78, 5) is 19.3. The Morgan fingerprint density at radius 2 is 2.14 bits per heavy atom. The van der Waals surface area contributed by atoms with Crippen LogP contribution in [0.15, 0.2) is 24.8 Å². The highest BCUT2D eigenvalue weighted by Crippen LogP contribution is 2.52. The lowest BCUT2D eigenvalue weighted by Crippen LogP contribution is -2.36. The molecule has 1 saturated heterocycles. The number of rotatable bonds is 4. The number of fused-ring (bicyclic) bond motifs is 1. The summed E-state index contributed by atoms with van der Waals surface area (Å²) in [7, 11) is 0. The number of amides is 1. The van der Waals surface area contributed by atoms with Gasteiger partial charge in [0.05, 0.1) is 30.4 Å². The summed E-state index contributed by atoms with van der Waals surface area (Å²) in [6.45, 7) is 3.03. The smallest absolute Gasteiger partial charge is 0.249 e. The van der Waals surface area contributed by atoms with Gasteiger partial charge in [0.25, 0.3) is 0 Å². The molecule has 3 aromatic heterocycles. The molecule has 1 aliphatic carbocycles. The number of nitrogens with zero attached hydrogens (tertiary/aromatic N) is 7. The monoisotopic (exact) mass is 379 g/mol. The molecule has 0 spiro atoms. The van der Waals surface area contributed by atoms with Crippen molar-refractivity contribution in [3.05, 3.63) is 30.6 Å². The Bertz CT molecular complexity index is 1140. The molecule has 142 valence electrons. The number of nitriles is 1. The maximum Gasteiger partial charge on any atom is 0.249 e. The van der Waals surface area contributed by atoms with Crippen molar-refractivity contribution in [2.45, 2.75) is 32.7 Å². The Hall–Kier alpha value is -3.28. The maximum atomic E-state index is 14.5. The van der Waals surface area contributed by atoms with Crippen molar-refractivity contribution in [1.29, 1.82) is 5.26 Å². The molecule has 1 amide bonds. The first-order chi connectivity index (χ1) is 13.6. The second kappa shape index (κ2) is 5.86. The standard InChI is InChI=1S/C19H18FN7O/c1-2-25-9-12(7-22-25)15-10-27-16(14(20)8-23-27)17(24-15)26-6-5-19(11-21,18(26)28)13-3-4-13/h7-10,13H,2-6H2,1H3/t19-/m1/s1.